The zero-order valence-corrected chi connectivity index (χ0v) is 18.8. The van der Waals surface area contributed by atoms with Crippen molar-refractivity contribution >= 4 is 17.7 Å². The van der Waals surface area contributed by atoms with Crippen LogP contribution in [0.5, 0.6) is 5.75 Å². The first-order valence-corrected chi connectivity index (χ1v) is 10.7. The maximum atomic E-state index is 12.6. The highest BCUT2D eigenvalue weighted by Gasteiger charge is 2.26. The van der Waals surface area contributed by atoms with Crippen molar-refractivity contribution in [2.24, 2.45) is 5.92 Å². The van der Waals surface area contributed by atoms with Gasteiger partial charge in [-0.3, -0.25) is 19.3 Å². The molecular weight excluding hydrogens is 400 g/mol. The quantitative estimate of drug-likeness (QED) is 0.579. The summed E-state index contributed by atoms with van der Waals surface area (Å²) >= 11 is 0. The lowest BCUT2D eigenvalue weighted by molar-refractivity contribution is -0.144. The highest BCUT2D eigenvalue weighted by molar-refractivity contribution is 5.91. The molecule has 1 aliphatic rings. The van der Waals surface area contributed by atoms with Gasteiger partial charge in [0.1, 0.15) is 11.4 Å². The van der Waals surface area contributed by atoms with Crippen LogP contribution in [0, 0.1) is 5.92 Å². The zero-order valence-electron chi connectivity index (χ0n) is 18.8. The van der Waals surface area contributed by atoms with Crippen molar-refractivity contribution in [3.8, 4) is 5.75 Å². The summed E-state index contributed by atoms with van der Waals surface area (Å²) in [6.45, 7) is 10.2. The molecule has 2 rings (SSSR count). The first-order chi connectivity index (χ1) is 14.5. The van der Waals surface area contributed by atoms with E-state index in [-0.39, 0.29) is 36.7 Å². The second kappa shape index (κ2) is 11.2. The molecule has 1 aromatic rings. The van der Waals surface area contributed by atoms with Crippen LogP contribution in [-0.4, -0.2) is 72.2 Å². The fourth-order valence-electron chi connectivity index (χ4n) is 3.33. The molecule has 0 spiro atoms. The molecule has 0 radical (unpaired) electrons. The molecular formula is C23H34N2O6. The molecule has 2 N–H and O–H groups in total. The molecule has 0 saturated carbocycles. The zero-order chi connectivity index (χ0) is 23.0. The predicted molar refractivity (Wildman–Crippen MR) is 116 cm³/mol. The fourth-order valence-corrected chi connectivity index (χ4v) is 3.33. The molecule has 1 saturated heterocycles. The molecule has 0 bridgehead atoms. The van der Waals surface area contributed by atoms with Crippen molar-refractivity contribution in [2.75, 3.05) is 32.8 Å². The molecule has 172 valence electrons. The number of aliphatic carboxylic acids is 1. The van der Waals surface area contributed by atoms with Gasteiger partial charge in [-0.25, -0.2) is 0 Å². The second-order valence-electron chi connectivity index (χ2n) is 8.95. The van der Waals surface area contributed by atoms with Gasteiger partial charge in [0.15, 0.2) is 5.78 Å². The summed E-state index contributed by atoms with van der Waals surface area (Å²) in [7, 11) is 0. The van der Waals surface area contributed by atoms with Gasteiger partial charge in [0.25, 0.3) is 0 Å². The molecule has 2 atom stereocenters. The number of hydrogen-bond acceptors (Lipinski definition) is 6. The Morgan fingerprint density at radius 3 is 2.32 bits per heavy atom. The standard InChI is InChI=1S/C23H34N2O6/c1-16(24-21(27)15-25-9-11-30-12-10-25)20(26)14-18(22(28)29)13-17-5-7-19(8-6-17)31-23(2,3)4/h5-8,16,18H,9-15H2,1-4H3,(H,24,27)(H,28,29)/t16-,18+/m0/s1. The second-order valence-corrected chi connectivity index (χ2v) is 8.95. The molecule has 0 unspecified atom stereocenters. The number of carbonyl (C=O) groups is 3. The van der Waals surface area contributed by atoms with Crippen LogP contribution in [0.3, 0.4) is 0 Å². The number of ether oxygens (including phenoxy) is 2. The van der Waals surface area contributed by atoms with Crippen molar-refractivity contribution in [3.63, 3.8) is 0 Å². The van der Waals surface area contributed by atoms with Crippen LogP contribution in [0.1, 0.15) is 39.7 Å². The molecule has 8 heteroatoms. The van der Waals surface area contributed by atoms with Crippen LogP contribution < -0.4 is 10.1 Å². The summed E-state index contributed by atoms with van der Waals surface area (Å²) in [6.07, 6.45) is 0.0832. The van der Waals surface area contributed by atoms with Crippen molar-refractivity contribution in [1.29, 1.82) is 0 Å². The molecule has 1 aliphatic heterocycles. The van der Waals surface area contributed by atoms with Crippen LogP contribution in [0.15, 0.2) is 24.3 Å². The van der Waals surface area contributed by atoms with E-state index in [9.17, 15) is 19.5 Å². The molecule has 1 aromatic carbocycles. The van der Waals surface area contributed by atoms with Gasteiger partial charge in [0.05, 0.1) is 31.7 Å². The number of hydrogen-bond donors (Lipinski definition) is 2. The van der Waals surface area contributed by atoms with E-state index in [4.69, 9.17) is 9.47 Å². The number of carboxylic acids is 1. The maximum absolute atomic E-state index is 12.6. The largest absolute Gasteiger partial charge is 0.488 e. The van der Waals surface area contributed by atoms with Gasteiger partial charge in [0, 0.05) is 19.5 Å². The Morgan fingerprint density at radius 1 is 1.16 bits per heavy atom. The Hall–Kier alpha value is -2.45. The highest BCUT2D eigenvalue weighted by Crippen LogP contribution is 2.21. The molecule has 0 aromatic heterocycles. The first-order valence-electron chi connectivity index (χ1n) is 10.7. The number of nitrogens with zero attached hydrogens (tertiary/aromatic N) is 1. The Bertz CT molecular complexity index is 750. The van der Waals surface area contributed by atoms with E-state index in [1.54, 1.807) is 19.1 Å². The van der Waals surface area contributed by atoms with E-state index >= 15 is 0 Å². The van der Waals surface area contributed by atoms with Gasteiger partial charge >= 0.3 is 5.97 Å². The SMILES string of the molecule is C[C@H](NC(=O)CN1CCOCC1)C(=O)C[C@@H](Cc1ccc(OC(C)(C)C)cc1)C(=O)O. The summed E-state index contributed by atoms with van der Waals surface area (Å²) in [5, 5.41) is 12.3. The summed E-state index contributed by atoms with van der Waals surface area (Å²) in [6, 6.07) is 6.49. The number of benzene rings is 1. The van der Waals surface area contributed by atoms with Crippen LogP contribution >= 0.6 is 0 Å². The molecule has 31 heavy (non-hydrogen) atoms. The monoisotopic (exact) mass is 434 g/mol. The predicted octanol–water partition coefficient (Wildman–Crippen LogP) is 1.90. The van der Waals surface area contributed by atoms with Crippen LogP contribution in [0.4, 0.5) is 0 Å². The van der Waals surface area contributed by atoms with E-state index in [1.807, 2.05) is 37.8 Å². The Balaban J connectivity index is 1.87. The van der Waals surface area contributed by atoms with Crippen molar-refractivity contribution < 1.29 is 29.0 Å². The van der Waals surface area contributed by atoms with Gasteiger partial charge in [-0.15, -0.1) is 0 Å². The van der Waals surface area contributed by atoms with Gasteiger partial charge in [-0.1, -0.05) is 12.1 Å². The third-order valence-corrected chi connectivity index (χ3v) is 4.96. The summed E-state index contributed by atoms with van der Waals surface area (Å²) in [5.74, 6) is -1.73. The lowest BCUT2D eigenvalue weighted by Crippen LogP contribution is -2.47. The minimum atomic E-state index is -1.03. The highest BCUT2D eigenvalue weighted by atomic mass is 16.5. The maximum Gasteiger partial charge on any atom is 0.307 e. The van der Waals surface area contributed by atoms with E-state index in [1.165, 1.54) is 0 Å². The number of Topliss-reactive ketones (excluding diaryl/α,β-unsaturated/α-hetero) is 1. The van der Waals surface area contributed by atoms with Gasteiger partial charge in [0.2, 0.25) is 5.91 Å². The van der Waals surface area contributed by atoms with E-state index in [2.05, 4.69) is 5.32 Å². The number of amides is 1. The molecule has 1 fully saturated rings. The summed E-state index contributed by atoms with van der Waals surface area (Å²) in [5.41, 5.74) is 0.491. The first kappa shape index (κ1) is 24.8. The number of ketones is 1. The van der Waals surface area contributed by atoms with Crippen molar-refractivity contribution in [2.45, 2.75) is 52.2 Å². The number of rotatable bonds is 10. The van der Waals surface area contributed by atoms with Crippen molar-refractivity contribution in [1.82, 2.24) is 10.2 Å². The van der Waals surface area contributed by atoms with E-state index in [0.29, 0.717) is 32.1 Å². The topological polar surface area (TPSA) is 105 Å². The lowest BCUT2D eigenvalue weighted by Gasteiger charge is -2.26. The number of carbonyl (C=O) groups excluding carboxylic acids is 2. The number of morpholine rings is 1. The van der Waals surface area contributed by atoms with Gasteiger partial charge in [-0.2, -0.15) is 0 Å². The summed E-state index contributed by atoms with van der Waals surface area (Å²) in [4.78, 5) is 38.4. The summed E-state index contributed by atoms with van der Waals surface area (Å²) < 4.78 is 11.0. The van der Waals surface area contributed by atoms with Crippen LogP contribution in [-0.2, 0) is 25.5 Å². The van der Waals surface area contributed by atoms with Crippen molar-refractivity contribution in [3.05, 3.63) is 29.8 Å². The Morgan fingerprint density at radius 2 is 1.77 bits per heavy atom. The normalized spacial score (nSPS) is 16.9. The average Bonchev–Trinajstić information content (AvgIpc) is 2.68. The van der Waals surface area contributed by atoms with E-state index < -0.39 is 17.9 Å². The Kier molecular flexibility index (Phi) is 9.00. The Labute approximate surface area is 183 Å². The number of carboxylic acid groups (broad SMARTS) is 1. The third kappa shape index (κ3) is 9.06. The van der Waals surface area contributed by atoms with Crippen LogP contribution in [0.2, 0.25) is 0 Å². The lowest BCUT2D eigenvalue weighted by atomic mass is 9.92. The molecule has 1 amide bonds. The van der Waals surface area contributed by atoms with Gasteiger partial charge < -0.3 is 19.9 Å². The number of nitrogens with one attached hydrogen (secondary N) is 1. The smallest absolute Gasteiger partial charge is 0.307 e. The molecule has 1 heterocycles. The minimum absolute atomic E-state index is 0.144. The molecule has 8 nitrogen and oxygen atoms in total. The van der Waals surface area contributed by atoms with E-state index in [0.717, 1.165) is 5.56 Å². The fraction of sp³-hybridized carbons (Fsp3) is 0.609. The minimum Gasteiger partial charge on any atom is -0.488 e. The molecule has 0 aliphatic carbocycles. The third-order valence-electron chi connectivity index (χ3n) is 4.96. The van der Waals surface area contributed by atoms with Gasteiger partial charge in [-0.05, 0) is 51.8 Å². The van der Waals surface area contributed by atoms with Crippen LogP contribution in [0.25, 0.3) is 0 Å². The average molecular weight is 435 g/mol.